The molecule has 0 bridgehead atoms. The van der Waals surface area contributed by atoms with E-state index in [-0.39, 0.29) is 0 Å². The highest BCUT2D eigenvalue weighted by Gasteiger charge is 2.23. The predicted octanol–water partition coefficient (Wildman–Crippen LogP) is 1.85. The van der Waals surface area contributed by atoms with Crippen LogP contribution in [-0.2, 0) is 9.59 Å². The number of piperazine rings is 1. The number of carbonyl (C=O) groups excluding carboxylic acids is 2. The van der Waals surface area contributed by atoms with E-state index in [1.807, 2.05) is 30.3 Å². The lowest BCUT2D eigenvalue weighted by atomic mass is 10.3. The zero-order chi connectivity index (χ0) is 16.8. The zero-order valence-electron chi connectivity index (χ0n) is 13.2. The van der Waals surface area contributed by atoms with Crippen LogP contribution in [-0.4, -0.2) is 42.9 Å². The molecule has 2 amide bonds. The maximum Gasteiger partial charge on any atom is 0.313 e. The van der Waals surface area contributed by atoms with E-state index < -0.39 is 11.8 Å². The standard InChI is InChI=1S/C18H19N3O3/c22-17(18(23)21-12-10-19-11-13-21)20-14-6-8-16(9-7-14)24-15-4-2-1-3-5-15/h1-9,19H,10-13H2,(H,20,22). The number of hydrogen-bond donors (Lipinski definition) is 2. The Kier molecular flexibility index (Phi) is 5.08. The number of nitrogens with one attached hydrogen (secondary N) is 2. The van der Waals surface area contributed by atoms with Crippen molar-refractivity contribution in [1.29, 1.82) is 0 Å². The molecule has 6 nitrogen and oxygen atoms in total. The first-order chi connectivity index (χ1) is 11.7. The van der Waals surface area contributed by atoms with Crippen LogP contribution in [0, 0.1) is 0 Å². The molecule has 1 saturated heterocycles. The molecule has 124 valence electrons. The van der Waals surface area contributed by atoms with Crippen molar-refractivity contribution in [2.45, 2.75) is 0 Å². The van der Waals surface area contributed by atoms with Crippen LogP contribution in [0.3, 0.4) is 0 Å². The maximum atomic E-state index is 12.1. The van der Waals surface area contributed by atoms with Crippen LogP contribution in [0.4, 0.5) is 5.69 Å². The van der Waals surface area contributed by atoms with E-state index in [2.05, 4.69) is 10.6 Å². The predicted molar refractivity (Wildman–Crippen MR) is 91.0 cm³/mol. The van der Waals surface area contributed by atoms with Gasteiger partial charge in [-0.05, 0) is 36.4 Å². The molecule has 2 N–H and O–H groups in total. The second-order valence-corrected chi connectivity index (χ2v) is 5.44. The molecule has 3 rings (SSSR count). The SMILES string of the molecule is O=C(Nc1ccc(Oc2ccccc2)cc1)C(=O)N1CCNCC1. The Balaban J connectivity index is 1.57. The zero-order valence-corrected chi connectivity index (χ0v) is 13.2. The van der Waals surface area contributed by atoms with Gasteiger partial charge in [-0.25, -0.2) is 0 Å². The van der Waals surface area contributed by atoms with Gasteiger partial charge >= 0.3 is 11.8 Å². The van der Waals surface area contributed by atoms with Crippen molar-refractivity contribution in [3.05, 3.63) is 54.6 Å². The van der Waals surface area contributed by atoms with Crippen molar-refractivity contribution >= 4 is 17.5 Å². The highest BCUT2D eigenvalue weighted by atomic mass is 16.5. The largest absolute Gasteiger partial charge is 0.457 e. The molecule has 0 radical (unpaired) electrons. The second kappa shape index (κ2) is 7.61. The van der Waals surface area contributed by atoms with Crippen LogP contribution in [0.25, 0.3) is 0 Å². The van der Waals surface area contributed by atoms with Gasteiger partial charge in [0, 0.05) is 31.9 Å². The summed E-state index contributed by atoms with van der Waals surface area (Å²) in [6.45, 7) is 2.53. The summed E-state index contributed by atoms with van der Waals surface area (Å²) in [5.41, 5.74) is 0.559. The van der Waals surface area contributed by atoms with Crippen molar-refractivity contribution in [3.63, 3.8) is 0 Å². The number of carbonyl (C=O) groups is 2. The monoisotopic (exact) mass is 325 g/mol. The first-order valence-electron chi connectivity index (χ1n) is 7.86. The molecule has 0 aromatic heterocycles. The molecule has 0 atom stereocenters. The van der Waals surface area contributed by atoms with Gasteiger partial charge in [0.15, 0.2) is 0 Å². The number of ether oxygens (including phenoxy) is 1. The normalized spacial score (nSPS) is 14.1. The number of benzene rings is 2. The summed E-state index contributed by atoms with van der Waals surface area (Å²) >= 11 is 0. The summed E-state index contributed by atoms with van der Waals surface area (Å²) < 4.78 is 5.69. The molecular formula is C18H19N3O3. The lowest BCUT2D eigenvalue weighted by Gasteiger charge is -2.26. The highest BCUT2D eigenvalue weighted by Crippen LogP contribution is 2.22. The third kappa shape index (κ3) is 4.11. The number of hydrogen-bond acceptors (Lipinski definition) is 4. The lowest BCUT2D eigenvalue weighted by molar-refractivity contribution is -0.143. The van der Waals surface area contributed by atoms with Gasteiger partial charge in [-0.3, -0.25) is 9.59 Å². The summed E-state index contributed by atoms with van der Waals surface area (Å²) in [7, 11) is 0. The van der Waals surface area contributed by atoms with Crippen LogP contribution in [0.5, 0.6) is 11.5 Å². The molecule has 0 unspecified atom stereocenters. The van der Waals surface area contributed by atoms with Crippen LogP contribution in [0.2, 0.25) is 0 Å². The Morgan fingerprint density at radius 3 is 2.21 bits per heavy atom. The van der Waals surface area contributed by atoms with Crippen molar-refractivity contribution < 1.29 is 14.3 Å². The molecule has 2 aromatic carbocycles. The van der Waals surface area contributed by atoms with E-state index in [0.29, 0.717) is 37.6 Å². The van der Waals surface area contributed by atoms with Crippen LogP contribution in [0.15, 0.2) is 54.6 Å². The van der Waals surface area contributed by atoms with Gasteiger partial charge in [0.2, 0.25) is 0 Å². The van der Waals surface area contributed by atoms with Gasteiger partial charge in [-0.15, -0.1) is 0 Å². The van der Waals surface area contributed by atoms with E-state index in [0.717, 1.165) is 5.75 Å². The smallest absolute Gasteiger partial charge is 0.313 e. The fourth-order valence-corrected chi connectivity index (χ4v) is 2.43. The average Bonchev–Trinajstić information content (AvgIpc) is 2.64. The van der Waals surface area contributed by atoms with E-state index in [9.17, 15) is 9.59 Å². The van der Waals surface area contributed by atoms with Gasteiger partial charge in [-0.2, -0.15) is 0 Å². The quantitative estimate of drug-likeness (QED) is 0.845. The Hall–Kier alpha value is -2.86. The van der Waals surface area contributed by atoms with Gasteiger partial charge < -0.3 is 20.3 Å². The molecule has 2 aromatic rings. The van der Waals surface area contributed by atoms with E-state index in [1.165, 1.54) is 0 Å². The second-order valence-electron chi connectivity index (χ2n) is 5.44. The lowest BCUT2D eigenvalue weighted by Crippen LogP contribution is -2.49. The molecule has 0 saturated carbocycles. The van der Waals surface area contributed by atoms with Crippen LogP contribution >= 0.6 is 0 Å². The molecule has 0 aliphatic carbocycles. The van der Waals surface area contributed by atoms with Crippen molar-refractivity contribution in [2.24, 2.45) is 0 Å². The number of amides is 2. The molecule has 24 heavy (non-hydrogen) atoms. The first kappa shape index (κ1) is 16.0. The third-order valence-corrected chi connectivity index (χ3v) is 3.69. The number of nitrogens with zero attached hydrogens (tertiary/aromatic N) is 1. The van der Waals surface area contributed by atoms with E-state index >= 15 is 0 Å². The third-order valence-electron chi connectivity index (χ3n) is 3.69. The molecule has 0 spiro atoms. The van der Waals surface area contributed by atoms with Crippen molar-refractivity contribution in [1.82, 2.24) is 10.2 Å². The highest BCUT2D eigenvalue weighted by molar-refractivity contribution is 6.39. The molecule has 1 aliphatic rings. The van der Waals surface area contributed by atoms with Gasteiger partial charge in [0.25, 0.3) is 0 Å². The summed E-state index contributed by atoms with van der Waals surface area (Å²) in [5.74, 6) is 0.283. The number of anilines is 1. The molecular weight excluding hydrogens is 306 g/mol. The summed E-state index contributed by atoms with van der Waals surface area (Å²) in [6, 6.07) is 16.3. The molecule has 1 aliphatic heterocycles. The Bertz CT molecular complexity index is 695. The van der Waals surface area contributed by atoms with Crippen LogP contribution < -0.4 is 15.4 Å². The fraction of sp³-hybridized carbons (Fsp3) is 0.222. The molecule has 1 fully saturated rings. The maximum absolute atomic E-state index is 12.1. The number of para-hydroxylation sites is 1. The van der Waals surface area contributed by atoms with Gasteiger partial charge in [0.1, 0.15) is 11.5 Å². The average molecular weight is 325 g/mol. The van der Waals surface area contributed by atoms with Gasteiger partial charge in [0.05, 0.1) is 0 Å². The summed E-state index contributed by atoms with van der Waals surface area (Å²) in [6.07, 6.45) is 0. The topological polar surface area (TPSA) is 70.7 Å². The first-order valence-corrected chi connectivity index (χ1v) is 7.86. The van der Waals surface area contributed by atoms with Gasteiger partial charge in [-0.1, -0.05) is 18.2 Å². The summed E-state index contributed by atoms with van der Waals surface area (Å²) in [5, 5.41) is 5.77. The van der Waals surface area contributed by atoms with E-state index in [4.69, 9.17) is 4.74 Å². The Morgan fingerprint density at radius 1 is 0.917 bits per heavy atom. The minimum Gasteiger partial charge on any atom is -0.457 e. The summed E-state index contributed by atoms with van der Waals surface area (Å²) in [4.78, 5) is 25.7. The fourth-order valence-electron chi connectivity index (χ4n) is 2.43. The Labute approximate surface area is 140 Å². The Morgan fingerprint density at radius 2 is 1.54 bits per heavy atom. The van der Waals surface area contributed by atoms with Crippen LogP contribution in [0.1, 0.15) is 0 Å². The molecule has 6 heteroatoms. The van der Waals surface area contributed by atoms with Crippen molar-refractivity contribution in [2.75, 3.05) is 31.5 Å². The minimum atomic E-state index is -0.617. The van der Waals surface area contributed by atoms with E-state index in [1.54, 1.807) is 29.2 Å². The minimum absolute atomic E-state index is 0.499. The number of rotatable bonds is 3. The van der Waals surface area contributed by atoms with Crippen molar-refractivity contribution in [3.8, 4) is 11.5 Å². The molecule has 1 heterocycles.